The summed E-state index contributed by atoms with van der Waals surface area (Å²) >= 11 is 1.13. The summed E-state index contributed by atoms with van der Waals surface area (Å²) in [6, 6.07) is 9.37. The first-order valence-corrected chi connectivity index (χ1v) is 11.6. The van der Waals surface area contributed by atoms with Gasteiger partial charge in [-0.25, -0.2) is 13.8 Å². The van der Waals surface area contributed by atoms with Crippen molar-refractivity contribution in [3.63, 3.8) is 0 Å². The maximum Gasteiger partial charge on any atom is 0.265 e. The highest BCUT2D eigenvalue weighted by Gasteiger charge is 2.26. The van der Waals surface area contributed by atoms with Crippen LogP contribution in [0.25, 0.3) is 16.6 Å². The van der Waals surface area contributed by atoms with Crippen molar-refractivity contribution in [1.29, 1.82) is 0 Å². The maximum absolute atomic E-state index is 15.4. The minimum atomic E-state index is -0.908. The van der Waals surface area contributed by atoms with Crippen LogP contribution in [-0.4, -0.2) is 48.2 Å². The first-order chi connectivity index (χ1) is 17.0. The first-order valence-electron chi connectivity index (χ1n) is 10.4. The molecule has 0 amide bonds. The molecule has 0 unspecified atom stereocenters. The van der Waals surface area contributed by atoms with E-state index >= 15 is 8.78 Å². The Balaban J connectivity index is 1.91. The summed E-state index contributed by atoms with van der Waals surface area (Å²) in [5, 5.41) is 0.264. The van der Waals surface area contributed by atoms with Gasteiger partial charge in [0.05, 0.1) is 43.6 Å². The Morgan fingerprint density at radius 3 is 2.46 bits per heavy atom. The number of hydrogen-bond donors (Lipinski definition) is 0. The van der Waals surface area contributed by atoms with Crippen LogP contribution in [0.1, 0.15) is 0 Å². The van der Waals surface area contributed by atoms with Gasteiger partial charge in [0.25, 0.3) is 5.56 Å². The van der Waals surface area contributed by atoms with Crippen molar-refractivity contribution in [3.05, 3.63) is 77.1 Å². The van der Waals surface area contributed by atoms with Gasteiger partial charge in [0, 0.05) is 30.8 Å². The molecule has 0 aliphatic carbocycles. The Hall–Kier alpha value is -3.70. The van der Waals surface area contributed by atoms with Crippen LogP contribution in [0.5, 0.6) is 11.5 Å². The number of rotatable bonds is 9. The zero-order valence-corrected chi connectivity index (χ0v) is 20.0. The molecule has 0 bridgehead atoms. The average molecular weight is 501 g/mol. The van der Waals surface area contributed by atoms with Gasteiger partial charge in [-0.05, 0) is 42.4 Å². The molecule has 0 spiro atoms. The topological polar surface area (TPSA) is 78.7 Å². The number of anilines is 2. The molecule has 0 aliphatic heterocycles. The van der Waals surface area contributed by atoms with Crippen LogP contribution in [0.3, 0.4) is 0 Å². The van der Waals surface area contributed by atoms with Gasteiger partial charge in [-0.15, -0.1) is 0 Å². The maximum atomic E-state index is 15.4. The fraction of sp³-hybridized carbons (Fsp3) is 0.208. The molecule has 2 aromatic heterocycles. The summed E-state index contributed by atoms with van der Waals surface area (Å²) in [7, 11) is 2.56. The van der Waals surface area contributed by atoms with Crippen LogP contribution in [0.4, 0.5) is 20.2 Å². The molecule has 4 rings (SSSR count). The molecule has 0 N–H and O–H groups in total. The zero-order valence-electron chi connectivity index (χ0n) is 19.2. The third kappa shape index (κ3) is 4.77. The van der Waals surface area contributed by atoms with Crippen molar-refractivity contribution in [2.24, 2.45) is 0 Å². The van der Waals surface area contributed by atoms with Crippen LogP contribution in [0.15, 0.2) is 59.9 Å². The van der Waals surface area contributed by atoms with Gasteiger partial charge in [0.1, 0.15) is 12.0 Å². The van der Waals surface area contributed by atoms with E-state index in [0.717, 1.165) is 18.1 Å². The monoisotopic (exact) mass is 500 g/mol. The second-order valence-corrected chi connectivity index (χ2v) is 7.80. The SMILES string of the molecule is COc1cc(OC)c(F)c(N(CCOSC)c2ccc3ncn(-c4cccnc4)c(=O)c3c2)c1F. The van der Waals surface area contributed by atoms with Gasteiger partial charge < -0.3 is 18.6 Å². The second kappa shape index (κ2) is 10.7. The number of nitrogens with zero attached hydrogens (tertiary/aromatic N) is 4. The van der Waals surface area contributed by atoms with Crippen molar-refractivity contribution < 1.29 is 22.4 Å². The van der Waals surface area contributed by atoms with Crippen molar-refractivity contribution >= 4 is 34.3 Å². The molecule has 182 valence electrons. The van der Waals surface area contributed by atoms with Gasteiger partial charge in [-0.2, -0.15) is 0 Å². The Kier molecular flexibility index (Phi) is 7.47. The lowest BCUT2D eigenvalue weighted by Crippen LogP contribution is -2.25. The number of methoxy groups -OCH3 is 2. The molecular formula is C24H22F2N4O4S. The van der Waals surface area contributed by atoms with E-state index in [-0.39, 0.29) is 41.3 Å². The molecule has 8 nitrogen and oxygen atoms in total. The smallest absolute Gasteiger partial charge is 0.265 e. The molecule has 0 saturated carbocycles. The lowest BCUT2D eigenvalue weighted by molar-refractivity contribution is 0.356. The number of aromatic nitrogens is 3. The molecule has 0 saturated heterocycles. The van der Waals surface area contributed by atoms with E-state index in [1.807, 2.05) is 0 Å². The Labute approximate surface area is 204 Å². The third-order valence-electron chi connectivity index (χ3n) is 5.31. The fourth-order valence-electron chi connectivity index (χ4n) is 3.65. The largest absolute Gasteiger partial charge is 0.493 e. The Morgan fingerprint density at radius 2 is 1.83 bits per heavy atom. The molecular weight excluding hydrogens is 478 g/mol. The number of benzene rings is 2. The summed E-state index contributed by atoms with van der Waals surface area (Å²) in [6.07, 6.45) is 6.29. The van der Waals surface area contributed by atoms with E-state index in [4.69, 9.17) is 13.7 Å². The van der Waals surface area contributed by atoms with Crippen molar-refractivity contribution in [3.8, 4) is 17.2 Å². The lowest BCUT2D eigenvalue weighted by Gasteiger charge is -2.27. The van der Waals surface area contributed by atoms with Gasteiger partial charge in [0.2, 0.25) is 0 Å². The van der Waals surface area contributed by atoms with E-state index < -0.39 is 11.6 Å². The van der Waals surface area contributed by atoms with Gasteiger partial charge in [-0.3, -0.25) is 14.3 Å². The number of pyridine rings is 1. The summed E-state index contributed by atoms with van der Waals surface area (Å²) in [5.41, 5.74) is 0.592. The molecule has 35 heavy (non-hydrogen) atoms. The van der Waals surface area contributed by atoms with E-state index in [1.54, 1.807) is 42.8 Å². The first kappa shape index (κ1) is 24.4. The zero-order chi connectivity index (χ0) is 24.9. The van der Waals surface area contributed by atoms with Crippen LogP contribution in [-0.2, 0) is 4.18 Å². The average Bonchev–Trinajstić information content (AvgIpc) is 2.89. The summed E-state index contributed by atoms with van der Waals surface area (Å²) < 4.78 is 47.7. The van der Waals surface area contributed by atoms with E-state index in [1.165, 1.54) is 36.2 Å². The van der Waals surface area contributed by atoms with Crippen molar-refractivity contribution in [1.82, 2.24) is 14.5 Å². The van der Waals surface area contributed by atoms with Crippen LogP contribution in [0.2, 0.25) is 0 Å². The van der Waals surface area contributed by atoms with Crippen LogP contribution >= 0.6 is 12.0 Å². The lowest BCUT2D eigenvalue weighted by atomic mass is 10.1. The van der Waals surface area contributed by atoms with E-state index in [9.17, 15) is 4.79 Å². The normalized spacial score (nSPS) is 11.0. The minimum absolute atomic E-state index is 0.0770. The van der Waals surface area contributed by atoms with Gasteiger partial charge in [0.15, 0.2) is 23.1 Å². The summed E-state index contributed by atoms with van der Waals surface area (Å²) in [5.74, 6) is -2.19. The highest BCUT2D eigenvalue weighted by Crippen LogP contribution is 2.40. The second-order valence-electron chi connectivity index (χ2n) is 7.23. The molecule has 2 heterocycles. The molecule has 0 aliphatic rings. The molecule has 2 aromatic carbocycles. The quantitative estimate of drug-likeness (QED) is 0.245. The molecule has 0 atom stereocenters. The van der Waals surface area contributed by atoms with E-state index in [2.05, 4.69) is 9.97 Å². The van der Waals surface area contributed by atoms with Crippen molar-refractivity contribution in [2.45, 2.75) is 0 Å². The summed E-state index contributed by atoms with van der Waals surface area (Å²) in [6.45, 7) is 0.220. The number of ether oxygens (including phenoxy) is 2. The predicted molar refractivity (Wildman–Crippen MR) is 131 cm³/mol. The number of halogens is 2. The molecule has 0 radical (unpaired) electrons. The highest BCUT2D eigenvalue weighted by atomic mass is 32.2. The Bertz CT molecular complexity index is 1370. The van der Waals surface area contributed by atoms with E-state index in [0.29, 0.717) is 16.9 Å². The summed E-state index contributed by atoms with van der Waals surface area (Å²) in [4.78, 5) is 23.1. The number of hydrogen-bond acceptors (Lipinski definition) is 8. The van der Waals surface area contributed by atoms with Crippen LogP contribution < -0.4 is 19.9 Å². The van der Waals surface area contributed by atoms with Crippen LogP contribution in [0, 0.1) is 11.6 Å². The Morgan fingerprint density at radius 1 is 1.09 bits per heavy atom. The minimum Gasteiger partial charge on any atom is -0.493 e. The van der Waals surface area contributed by atoms with Gasteiger partial charge in [-0.1, -0.05) is 0 Å². The standard InChI is InChI=1S/C24H22F2N4O4S/c1-32-19-12-20(33-2)22(26)23(21(19)25)29(9-10-34-35-3)15-6-7-18-17(11-15)24(31)30(14-28-18)16-5-4-8-27-13-16/h4-8,11-14H,9-10H2,1-3H3. The predicted octanol–water partition coefficient (Wildman–Crippen LogP) is 4.51. The highest BCUT2D eigenvalue weighted by molar-refractivity contribution is 7.93. The molecule has 4 aromatic rings. The van der Waals surface area contributed by atoms with Gasteiger partial charge >= 0.3 is 0 Å². The fourth-order valence-corrected chi connectivity index (χ4v) is 3.89. The van der Waals surface area contributed by atoms with Crippen molar-refractivity contribution in [2.75, 3.05) is 38.5 Å². The third-order valence-corrected chi connectivity index (χ3v) is 5.72. The number of fused-ring (bicyclic) bond motifs is 1. The molecule has 0 fully saturated rings. The molecule has 11 heteroatoms.